The number of nitrogens with zero attached hydrogens (tertiary/aromatic N) is 1. The first-order valence-electron chi connectivity index (χ1n) is 8.14. The average Bonchev–Trinajstić information content (AvgIpc) is 2.66. The van der Waals surface area contributed by atoms with Crippen molar-refractivity contribution in [1.29, 1.82) is 0 Å². The van der Waals surface area contributed by atoms with Crippen molar-refractivity contribution in [2.45, 2.75) is 13.5 Å². The molecule has 0 N–H and O–H groups in total. The predicted molar refractivity (Wildman–Crippen MR) is 97.5 cm³/mol. The molecule has 0 saturated heterocycles. The molecule has 0 spiro atoms. The van der Waals surface area contributed by atoms with Crippen LogP contribution >= 0.6 is 0 Å². The number of hydrogen-bond donors (Lipinski definition) is 0. The lowest BCUT2D eigenvalue weighted by Gasteiger charge is -2.18. The van der Waals surface area contributed by atoms with Crippen LogP contribution in [0.1, 0.15) is 21.5 Å². The number of carbonyl (C=O) groups excluding carboxylic acids is 2. The van der Waals surface area contributed by atoms with Gasteiger partial charge in [-0.15, -0.1) is 0 Å². The van der Waals surface area contributed by atoms with Gasteiger partial charge < -0.3 is 19.1 Å². The molecule has 0 fully saturated rings. The minimum Gasteiger partial charge on any atom is -0.493 e. The summed E-state index contributed by atoms with van der Waals surface area (Å²) in [7, 11) is 4.60. The molecule has 2 aromatic carbocycles. The van der Waals surface area contributed by atoms with Gasteiger partial charge in [-0.25, -0.2) is 4.79 Å². The van der Waals surface area contributed by atoms with Crippen LogP contribution in [0.4, 0.5) is 0 Å². The minimum absolute atomic E-state index is 0.209. The normalized spacial score (nSPS) is 10.2. The van der Waals surface area contributed by atoms with Crippen molar-refractivity contribution in [3.8, 4) is 11.5 Å². The standard InChI is InChI=1S/C20H23NO5/c1-14-8-5-6-9-15(14)12-21(2)18(22)13-26-20(23)16-10-7-11-17(24-3)19(16)25-4/h5-11H,12-13H2,1-4H3. The Morgan fingerprint density at radius 3 is 2.38 bits per heavy atom. The van der Waals surface area contributed by atoms with Gasteiger partial charge in [0.2, 0.25) is 0 Å². The lowest BCUT2D eigenvalue weighted by Crippen LogP contribution is -2.31. The highest BCUT2D eigenvalue weighted by Crippen LogP contribution is 2.31. The molecule has 0 saturated carbocycles. The molecule has 138 valence electrons. The van der Waals surface area contributed by atoms with Crippen LogP contribution in [0.2, 0.25) is 0 Å². The van der Waals surface area contributed by atoms with E-state index in [1.807, 2.05) is 31.2 Å². The van der Waals surface area contributed by atoms with Gasteiger partial charge in [-0.1, -0.05) is 30.3 Å². The molecule has 0 aliphatic carbocycles. The van der Waals surface area contributed by atoms with Crippen LogP contribution in [0.3, 0.4) is 0 Å². The van der Waals surface area contributed by atoms with Gasteiger partial charge in [0.15, 0.2) is 18.1 Å². The van der Waals surface area contributed by atoms with E-state index in [4.69, 9.17) is 14.2 Å². The maximum absolute atomic E-state index is 12.3. The summed E-state index contributed by atoms with van der Waals surface area (Å²) >= 11 is 0. The Bertz CT molecular complexity index is 788. The first kappa shape index (κ1) is 19.3. The lowest BCUT2D eigenvalue weighted by atomic mass is 10.1. The van der Waals surface area contributed by atoms with Gasteiger partial charge in [0.25, 0.3) is 5.91 Å². The Morgan fingerprint density at radius 2 is 1.73 bits per heavy atom. The molecule has 2 aromatic rings. The third kappa shape index (κ3) is 4.53. The van der Waals surface area contributed by atoms with Gasteiger partial charge in [0.05, 0.1) is 14.2 Å². The number of benzene rings is 2. The smallest absolute Gasteiger partial charge is 0.342 e. The van der Waals surface area contributed by atoms with E-state index in [1.165, 1.54) is 19.1 Å². The van der Waals surface area contributed by atoms with Crippen LogP contribution in [0.25, 0.3) is 0 Å². The summed E-state index contributed by atoms with van der Waals surface area (Å²) in [6.07, 6.45) is 0. The van der Waals surface area contributed by atoms with E-state index in [9.17, 15) is 9.59 Å². The molecule has 0 radical (unpaired) electrons. The molecule has 0 unspecified atom stereocenters. The molecule has 0 aliphatic rings. The molecular weight excluding hydrogens is 334 g/mol. The molecule has 6 nitrogen and oxygen atoms in total. The number of hydrogen-bond acceptors (Lipinski definition) is 5. The van der Waals surface area contributed by atoms with Crippen molar-refractivity contribution < 1.29 is 23.8 Å². The van der Waals surface area contributed by atoms with E-state index in [2.05, 4.69) is 0 Å². The number of amides is 1. The Kier molecular flexibility index (Phi) is 6.60. The fraction of sp³-hybridized carbons (Fsp3) is 0.300. The SMILES string of the molecule is COc1cccc(C(=O)OCC(=O)N(C)Cc2ccccc2C)c1OC. The third-order valence-electron chi connectivity index (χ3n) is 4.04. The molecule has 0 heterocycles. The zero-order valence-electron chi connectivity index (χ0n) is 15.4. The zero-order valence-corrected chi connectivity index (χ0v) is 15.4. The first-order valence-corrected chi connectivity index (χ1v) is 8.14. The number of methoxy groups -OCH3 is 2. The summed E-state index contributed by atoms with van der Waals surface area (Å²) in [4.78, 5) is 26.1. The van der Waals surface area contributed by atoms with E-state index in [-0.39, 0.29) is 23.8 Å². The van der Waals surface area contributed by atoms with Gasteiger partial charge in [-0.05, 0) is 30.2 Å². The summed E-state index contributed by atoms with van der Waals surface area (Å²) in [6, 6.07) is 12.7. The summed E-state index contributed by atoms with van der Waals surface area (Å²) in [6.45, 7) is 2.09. The van der Waals surface area contributed by atoms with Gasteiger partial charge in [0, 0.05) is 13.6 Å². The van der Waals surface area contributed by atoms with Crippen molar-refractivity contribution >= 4 is 11.9 Å². The molecule has 0 aromatic heterocycles. The number of ether oxygens (including phenoxy) is 3. The van der Waals surface area contributed by atoms with Crippen molar-refractivity contribution in [3.05, 3.63) is 59.2 Å². The first-order chi connectivity index (χ1) is 12.5. The second-order valence-corrected chi connectivity index (χ2v) is 5.79. The molecule has 2 rings (SSSR count). The van der Waals surface area contributed by atoms with Crippen LogP contribution in [0.5, 0.6) is 11.5 Å². The maximum Gasteiger partial charge on any atom is 0.342 e. The second-order valence-electron chi connectivity index (χ2n) is 5.79. The van der Waals surface area contributed by atoms with Crippen LogP contribution in [-0.2, 0) is 16.1 Å². The topological polar surface area (TPSA) is 65.1 Å². The highest BCUT2D eigenvalue weighted by molar-refractivity contribution is 5.94. The van der Waals surface area contributed by atoms with E-state index in [1.54, 1.807) is 25.2 Å². The highest BCUT2D eigenvalue weighted by atomic mass is 16.5. The molecule has 26 heavy (non-hydrogen) atoms. The van der Waals surface area contributed by atoms with Gasteiger partial charge in [-0.3, -0.25) is 4.79 Å². The van der Waals surface area contributed by atoms with Crippen molar-refractivity contribution in [2.75, 3.05) is 27.9 Å². The molecule has 0 atom stereocenters. The zero-order chi connectivity index (χ0) is 19.1. The molecule has 0 aliphatic heterocycles. The number of carbonyl (C=O) groups is 2. The van der Waals surface area contributed by atoms with Crippen LogP contribution in [-0.4, -0.2) is 44.7 Å². The fourth-order valence-corrected chi connectivity index (χ4v) is 2.49. The number of esters is 1. The van der Waals surface area contributed by atoms with E-state index >= 15 is 0 Å². The van der Waals surface area contributed by atoms with Gasteiger partial charge in [-0.2, -0.15) is 0 Å². The average molecular weight is 357 g/mol. The van der Waals surface area contributed by atoms with E-state index in [0.717, 1.165) is 11.1 Å². The summed E-state index contributed by atoms with van der Waals surface area (Å²) in [5, 5.41) is 0. The fourth-order valence-electron chi connectivity index (χ4n) is 2.49. The second kappa shape index (κ2) is 8.89. The molecule has 0 bridgehead atoms. The molecule has 1 amide bonds. The number of likely N-dealkylation sites (N-methyl/N-ethyl adjacent to an activating group) is 1. The quantitative estimate of drug-likeness (QED) is 0.713. The molecule has 6 heteroatoms. The summed E-state index contributed by atoms with van der Waals surface area (Å²) in [5.74, 6) is -0.229. The van der Waals surface area contributed by atoms with Crippen molar-refractivity contribution in [3.63, 3.8) is 0 Å². The number of para-hydroxylation sites is 1. The summed E-state index contributed by atoms with van der Waals surface area (Å²) < 4.78 is 15.5. The lowest BCUT2D eigenvalue weighted by molar-refractivity contribution is -0.133. The monoisotopic (exact) mass is 357 g/mol. The Morgan fingerprint density at radius 1 is 1.00 bits per heavy atom. The van der Waals surface area contributed by atoms with Crippen LogP contribution in [0.15, 0.2) is 42.5 Å². The number of aryl methyl sites for hydroxylation is 1. The van der Waals surface area contributed by atoms with Gasteiger partial charge in [0.1, 0.15) is 5.56 Å². The predicted octanol–water partition coefficient (Wildman–Crippen LogP) is 2.83. The highest BCUT2D eigenvalue weighted by Gasteiger charge is 2.19. The Balaban J connectivity index is 1.99. The van der Waals surface area contributed by atoms with E-state index < -0.39 is 5.97 Å². The summed E-state index contributed by atoms with van der Waals surface area (Å²) in [5.41, 5.74) is 2.36. The van der Waals surface area contributed by atoms with Gasteiger partial charge >= 0.3 is 5.97 Å². The van der Waals surface area contributed by atoms with Crippen LogP contribution < -0.4 is 9.47 Å². The Hall–Kier alpha value is -3.02. The van der Waals surface area contributed by atoms with Crippen molar-refractivity contribution in [2.24, 2.45) is 0 Å². The largest absolute Gasteiger partial charge is 0.493 e. The molecular formula is C20H23NO5. The van der Waals surface area contributed by atoms with Crippen molar-refractivity contribution in [1.82, 2.24) is 4.90 Å². The number of rotatable bonds is 7. The van der Waals surface area contributed by atoms with E-state index in [0.29, 0.717) is 12.3 Å². The maximum atomic E-state index is 12.3. The third-order valence-corrected chi connectivity index (χ3v) is 4.04. The van der Waals surface area contributed by atoms with Crippen LogP contribution in [0, 0.1) is 6.92 Å². The Labute approximate surface area is 153 Å². The minimum atomic E-state index is -0.640.